The first-order valence-electron chi connectivity index (χ1n) is 8.55. The van der Waals surface area contributed by atoms with Gasteiger partial charge in [0.15, 0.2) is 0 Å². The maximum absolute atomic E-state index is 12.8. The summed E-state index contributed by atoms with van der Waals surface area (Å²) in [4.78, 5) is 12.8. The van der Waals surface area contributed by atoms with Crippen LogP contribution in [0.2, 0.25) is 0 Å². The molecule has 1 fully saturated rings. The molecule has 0 bridgehead atoms. The van der Waals surface area contributed by atoms with Crippen molar-refractivity contribution in [3.8, 4) is 5.75 Å². The van der Waals surface area contributed by atoms with Crippen molar-refractivity contribution in [3.05, 3.63) is 35.6 Å². The van der Waals surface area contributed by atoms with Crippen LogP contribution in [0.4, 0.5) is 5.69 Å². The Morgan fingerprint density at radius 3 is 2.72 bits per heavy atom. The Morgan fingerprint density at radius 2 is 2.00 bits per heavy atom. The Bertz CT molecular complexity index is 719. The predicted molar refractivity (Wildman–Crippen MR) is 97.1 cm³/mol. The highest BCUT2D eigenvalue weighted by Gasteiger charge is 2.58. The standard InChI is InChI=1S/C19H24ClNO4/c1-18-9-5-6-10-19(18,24)16(20)15(22)12(11-18)17(23)21-13-7-3-4-8-14(13)25-2/h3-4,7-8,16,22,24H,5-6,9-11H2,1-2H3,(H,21,23)/t16-,18-,19+/m0/s1. The lowest BCUT2D eigenvalue weighted by Crippen LogP contribution is -2.58. The number of amides is 1. The second-order valence-corrected chi connectivity index (χ2v) is 7.69. The number of halogens is 1. The van der Waals surface area contributed by atoms with Crippen molar-refractivity contribution >= 4 is 23.2 Å². The van der Waals surface area contributed by atoms with Gasteiger partial charge in [-0.05, 0) is 31.4 Å². The van der Waals surface area contributed by atoms with E-state index in [-0.39, 0.29) is 11.3 Å². The van der Waals surface area contributed by atoms with Crippen LogP contribution in [0.15, 0.2) is 35.6 Å². The molecule has 1 saturated carbocycles. The number of fused-ring (bicyclic) bond motifs is 1. The number of hydrogen-bond donors (Lipinski definition) is 3. The molecule has 3 N–H and O–H groups in total. The van der Waals surface area contributed by atoms with E-state index in [0.717, 1.165) is 19.3 Å². The van der Waals surface area contributed by atoms with E-state index in [1.165, 1.54) is 7.11 Å². The molecule has 3 rings (SSSR count). The average Bonchev–Trinajstić information content (AvgIpc) is 2.60. The highest BCUT2D eigenvalue weighted by atomic mass is 35.5. The van der Waals surface area contributed by atoms with Crippen LogP contribution in [0.5, 0.6) is 5.75 Å². The number of carbonyl (C=O) groups is 1. The molecule has 25 heavy (non-hydrogen) atoms. The molecule has 3 atom stereocenters. The van der Waals surface area contributed by atoms with Gasteiger partial charge in [-0.25, -0.2) is 0 Å². The molecule has 0 heterocycles. The molecule has 2 aliphatic carbocycles. The van der Waals surface area contributed by atoms with E-state index < -0.39 is 22.3 Å². The molecule has 5 nitrogen and oxygen atoms in total. The van der Waals surface area contributed by atoms with Crippen molar-refractivity contribution in [2.45, 2.75) is 50.0 Å². The lowest BCUT2D eigenvalue weighted by molar-refractivity contribution is -0.124. The number of ether oxygens (including phenoxy) is 1. The zero-order chi connectivity index (χ0) is 18.2. The summed E-state index contributed by atoms with van der Waals surface area (Å²) in [6.45, 7) is 1.95. The molecule has 2 aliphatic rings. The van der Waals surface area contributed by atoms with Gasteiger partial charge in [0, 0.05) is 5.41 Å². The molecule has 1 amide bonds. The van der Waals surface area contributed by atoms with Crippen molar-refractivity contribution in [2.75, 3.05) is 12.4 Å². The quantitative estimate of drug-likeness (QED) is 0.712. The van der Waals surface area contributed by atoms with Gasteiger partial charge in [0.1, 0.15) is 16.9 Å². The maximum Gasteiger partial charge on any atom is 0.255 e. The number of alkyl halides is 1. The molecule has 6 heteroatoms. The van der Waals surface area contributed by atoms with Crippen LogP contribution in [0.3, 0.4) is 0 Å². The minimum atomic E-state index is -1.19. The molecule has 1 aromatic carbocycles. The number of nitrogens with one attached hydrogen (secondary N) is 1. The topological polar surface area (TPSA) is 78.8 Å². The molecule has 0 saturated heterocycles. The van der Waals surface area contributed by atoms with E-state index in [1.54, 1.807) is 18.2 Å². The van der Waals surface area contributed by atoms with Gasteiger partial charge in [0.2, 0.25) is 0 Å². The van der Waals surface area contributed by atoms with E-state index in [0.29, 0.717) is 24.3 Å². The van der Waals surface area contributed by atoms with E-state index in [9.17, 15) is 15.0 Å². The van der Waals surface area contributed by atoms with Gasteiger partial charge in [0.05, 0.1) is 24.0 Å². The van der Waals surface area contributed by atoms with Crippen molar-refractivity contribution in [1.82, 2.24) is 0 Å². The Hall–Kier alpha value is -1.72. The van der Waals surface area contributed by atoms with Gasteiger partial charge in [-0.1, -0.05) is 31.9 Å². The second kappa shape index (κ2) is 6.54. The second-order valence-electron chi connectivity index (χ2n) is 7.25. The van der Waals surface area contributed by atoms with Gasteiger partial charge in [-0.2, -0.15) is 0 Å². The smallest absolute Gasteiger partial charge is 0.255 e. The highest BCUT2D eigenvalue weighted by molar-refractivity contribution is 6.24. The molecule has 0 radical (unpaired) electrons. The predicted octanol–water partition coefficient (Wildman–Crippen LogP) is 3.77. The lowest BCUT2D eigenvalue weighted by atomic mass is 9.57. The molecule has 0 unspecified atom stereocenters. The summed E-state index contributed by atoms with van der Waals surface area (Å²) in [6, 6.07) is 7.08. The van der Waals surface area contributed by atoms with Crippen molar-refractivity contribution < 1.29 is 19.7 Å². The fourth-order valence-corrected chi connectivity index (χ4v) is 4.61. The number of aliphatic hydroxyl groups excluding tert-OH is 1. The van der Waals surface area contributed by atoms with E-state index in [4.69, 9.17) is 16.3 Å². The largest absolute Gasteiger partial charge is 0.510 e. The van der Waals surface area contributed by atoms with Gasteiger partial charge in [-0.3, -0.25) is 4.79 Å². The first kappa shape index (κ1) is 18.1. The number of aliphatic hydroxyl groups is 2. The minimum absolute atomic E-state index is 0.226. The summed E-state index contributed by atoms with van der Waals surface area (Å²) in [5.74, 6) is -0.105. The first-order valence-corrected chi connectivity index (χ1v) is 8.99. The summed E-state index contributed by atoms with van der Waals surface area (Å²) in [6.07, 6.45) is 3.43. The zero-order valence-corrected chi connectivity index (χ0v) is 15.3. The van der Waals surface area contributed by atoms with Crippen molar-refractivity contribution in [1.29, 1.82) is 0 Å². The van der Waals surface area contributed by atoms with Crippen molar-refractivity contribution in [3.63, 3.8) is 0 Å². The molecular formula is C19H24ClNO4. The van der Waals surface area contributed by atoms with Crippen LogP contribution >= 0.6 is 11.6 Å². The maximum atomic E-state index is 12.8. The average molecular weight is 366 g/mol. The molecule has 1 aromatic rings. The fourth-order valence-electron chi connectivity index (χ4n) is 4.10. The van der Waals surface area contributed by atoms with Gasteiger partial charge in [0.25, 0.3) is 5.91 Å². The van der Waals surface area contributed by atoms with Crippen LogP contribution in [0.1, 0.15) is 39.0 Å². The Balaban J connectivity index is 1.92. The van der Waals surface area contributed by atoms with Crippen LogP contribution in [-0.4, -0.2) is 34.2 Å². The Labute approximate surface area is 152 Å². The molecule has 0 spiro atoms. The van der Waals surface area contributed by atoms with Crippen molar-refractivity contribution in [2.24, 2.45) is 5.41 Å². The third kappa shape index (κ3) is 2.89. The molecule has 0 aromatic heterocycles. The van der Waals surface area contributed by atoms with Crippen LogP contribution in [0, 0.1) is 5.41 Å². The summed E-state index contributed by atoms with van der Waals surface area (Å²) >= 11 is 6.41. The Kier molecular flexibility index (Phi) is 4.73. The van der Waals surface area contributed by atoms with Crippen LogP contribution in [-0.2, 0) is 4.79 Å². The summed E-state index contributed by atoms with van der Waals surface area (Å²) in [5.41, 5.74) is -0.960. The Morgan fingerprint density at radius 1 is 1.32 bits per heavy atom. The molecular weight excluding hydrogens is 342 g/mol. The first-order chi connectivity index (χ1) is 11.8. The van der Waals surface area contributed by atoms with Crippen LogP contribution in [0.25, 0.3) is 0 Å². The number of anilines is 1. The lowest BCUT2D eigenvalue weighted by Gasteiger charge is -2.53. The van der Waals surface area contributed by atoms with E-state index in [1.807, 2.05) is 13.0 Å². The van der Waals surface area contributed by atoms with Gasteiger partial charge < -0.3 is 20.3 Å². The number of methoxy groups -OCH3 is 1. The highest BCUT2D eigenvalue weighted by Crippen LogP contribution is 2.55. The zero-order valence-electron chi connectivity index (χ0n) is 14.5. The van der Waals surface area contributed by atoms with E-state index in [2.05, 4.69) is 5.32 Å². The number of hydrogen-bond acceptors (Lipinski definition) is 4. The fraction of sp³-hybridized carbons (Fsp3) is 0.526. The summed E-state index contributed by atoms with van der Waals surface area (Å²) in [7, 11) is 1.53. The molecule has 0 aliphatic heterocycles. The minimum Gasteiger partial charge on any atom is -0.510 e. The van der Waals surface area contributed by atoms with Gasteiger partial charge in [-0.15, -0.1) is 11.6 Å². The number of para-hydroxylation sites is 2. The third-order valence-corrected chi connectivity index (χ3v) is 6.31. The molecule has 136 valence electrons. The summed E-state index contributed by atoms with van der Waals surface area (Å²) in [5, 5.41) is 23.4. The van der Waals surface area contributed by atoms with E-state index >= 15 is 0 Å². The number of rotatable bonds is 3. The van der Waals surface area contributed by atoms with Gasteiger partial charge >= 0.3 is 0 Å². The monoisotopic (exact) mass is 365 g/mol. The SMILES string of the molecule is COc1ccccc1NC(=O)C1=C(O)[C@H](Cl)[C@]2(O)CCCC[C@@]2(C)C1. The number of benzene rings is 1. The number of carbonyl (C=O) groups excluding carboxylic acids is 1. The van der Waals surface area contributed by atoms with Crippen LogP contribution < -0.4 is 10.1 Å². The third-order valence-electron chi connectivity index (χ3n) is 5.75. The normalized spacial score (nSPS) is 32.1. The summed E-state index contributed by atoms with van der Waals surface area (Å²) < 4.78 is 5.24.